The summed E-state index contributed by atoms with van der Waals surface area (Å²) in [6, 6.07) is 0. The first kappa shape index (κ1) is 14.2. The van der Waals surface area contributed by atoms with Crippen molar-refractivity contribution in [3.63, 3.8) is 0 Å². The molecule has 0 saturated heterocycles. The smallest absolute Gasteiger partial charge is 0.283 e. The van der Waals surface area contributed by atoms with Crippen LogP contribution in [0.1, 0.15) is 18.7 Å². The molecule has 19 heavy (non-hydrogen) atoms. The van der Waals surface area contributed by atoms with E-state index in [1.54, 1.807) is 29.2 Å². The summed E-state index contributed by atoms with van der Waals surface area (Å²) in [7, 11) is 0. The highest BCUT2D eigenvalue weighted by molar-refractivity contribution is 9.10. The van der Waals surface area contributed by atoms with E-state index < -0.39 is 0 Å². The first-order chi connectivity index (χ1) is 9.08. The third-order valence-electron chi connectivity index (χ3n) is 2.46. The lowest BCUT2D eigenvalue weighted by Crippen LogP contribution is -2.26. The molecule has 102 valence electrons. The molecule has 0 saturated carbocycles. The number of nitrogens with zero attached hydrogens (tertiary/aromatic N) is 3. The molecule has 0 radical (unpaired) electrons. The summed E-state index contributed by atoms with van der Waals surface area (Å²) < 4.78 is 2.00. The molecule has 2 heterocycles. The zero-order valence-corrected chi connectivity index (χ0v) is 13.2. The Kier molecular flexibility index (Phi) is 4.71. The lowest BCUT2D eigenvalue weighted by molar-refractivity contribution is 0.462. The third-order valence-corrected chi connectivity index (χ3v) is 4.01. The zero-order chi connectivity index (χ0) is 13.8. The van der Waals surface area contributed by atoms with Gasteiger partial charge in [0.2, 0.25) is 0 Å². The monoisotopic (exact) mass is 342 g/mol. The van der Waals surface area contributed by atoms with Gasteiger partial charge in [-0.3, -0.25) is 9.78 Å². The molecule has 0 fully saturated rings. The van der Waals surface area contributed by atoms with E-state index in [1.807, 2.05) is 0 Å². The molecule has 7 heteroatoms. The molecule has 0 unspecified atom stereocenters. The zero-order valence-electron chi connectivity index (χ0n) is 10.8. The van der Waals surface area contributed by atoms with E-state index in [1.165, 1.54) is 4.68 Å². The van der Waals surface area contributed by atoms with Gasteiger partial charge in [-0.05, 0) is 21.8 Å². The van der Waals surface area contributed by atoms with Gasteiger partial charge in [0.1, 0.15) is 4.47 Å². The number of aromatic nitrogens is 3. The van der Waals surface area contributed by atoms with E-state index in [4.69, 9.17) is 0 Å². The molecule has 0 bridgehead atoms. The molecule has 0 aliphatic carbocycles. The lowest BCUT2D eigenvalue weighted by Gasteiger charge is -2.11. The van der Waals surface area contributed by atoms with Crippen LogP contribution in [0.5, 0.6) is 0 Å². The normalized spacial score (nSPS) is 10.9. The van der Waals surface area contributed by atoms with Gasteiger partial charge in [-0.2, -0.15) is 5.10 Å². The minimum atomic E-state index is -0.108. The van der Waals surface area contributed by atoms with Gasteiger partial charge in [-0.15, -0.1) is 11.3 Å². The van der Waals surface area contributed by atoms with E-state index in [0.29, 0.717) is 29.2 Å². The van der Waals surface area contributed by atoms with Crippen LogP contribution in [0.15, 0.2) is 27.2 Å². The summed E-state index contributed by atoms with van der Waals surface area (Å²) in [6.07, 6.45) is 3.48. The van der Waals surface area contributed by atoms with Crippen LogP contribution in [0.3, 0.4) is 0 Å². The van der Waals surface area contributed by atoms with Crippen molar-refractivity contribution in [2.24, 2.45) is 5.92 Å². The van der Waals surface area contributed by atoms with Gasteiger partial charge in [0.05, 0.1) is 23.9 Å². The van der Waals surface area contributed by atoms with Crippen LogP contribution in [0, 0.1) is 5.92 Å². The van der Waals surface area contributed by atoms with Crippen LogP contribution < -0.4 is 10.9 Å². The molecule has 0 atom stereocenters. The predicted molar refractivity (Wildman–Crippen MR) is 80.5 cm³/mol. The van der Waals surface area contributed by atoms with Gasteiger partial charge in [-0.1, -0.05) is 13.8 Å². The van der Waals surface area contributed by atoms with Crippen molar-refractivity contribution >= 4 is 33.0 Å². The number of nitrogens with one attached hydrogen (secondary N) is 1. The number of thiazole rings is 1. The highest BCUT2D eigenvalue weighted by Crippen LogP contribution is 2.18. The highest BCUT2D eigenvalue weighted by atomic mass is 79.9. The second-order valence-electron chi connectivity index (χ2n) is 4.57. The molecule has 1 N–H and O–H groups in total. The maximum Gasteiger partial charge on any atom is 0.283 e. The summed E-state index contributed by atoms with van der Waals surface area (Å²) in [4.78, 5) is 17.2. The number of hydrogen-bond donors (Lipinski definition) is 1. The fourth-order valence-corrected chi connectivity index (χ4v) is 2.56. The molecule has 0 aliphatic heterocycles. The van der Waals surface area contributed by atoms with Gasteiger partial charge < -0.3 is 5.32 Å². The molecule has 2 aromatic heterocycles. The number of anilines is 1. The van der Waals surface area contributed by atoms with Crippen molar-refractivity contribution in [1.29, 1.82) is 0 Å². The number of hydrogen-bond acceptors (Lipinski definition) is 5. The van der Waals surface area contributed by atoms with Crippen LogP contribution in [-0.2, 0) is 13.1 Å². The van der Waals surface area contributed by atoms with Crippen molar-refractivity contribution in [2.75, 3.05) is 5.32 Å². The Balaban J connectivity index is 2.14. The summed E-state index contributed by atoms with van der Waals surface area (Å²) in [5, 5.41) is 7.36. The molecule has 0 aromatic carbocycles. The molecule has 5 nitrogen and oxygen atoms in total. The van der Waals surface area contributed by atoms with Crippen molar-refractivity contribution in [1.82, 2.24) is 14.8 Å². The van der Waals surface area contributed by atoms with E-state index >= 15 is 0 Å². The Morgan fingerprint density at radius 1 is 1.47 bits per heavy atom. The quantitative estimate of drug-likeness (QED) is 0.907. The topological polar surface area (TPSA) is 59.8 Å². The Morgan fingerprint density at radius 2 is 2.26 bits per heavy atom. The number of halogens is 1. The van der Waals surface area contributed by atoms with Crippen LogP contribution in [0.25, 0.3) is 0 Å². The lowest BCUT2D eigenvalue weighted by atomic mass is 10.2. The van der Waals surface area contributed by atoms with E-state index in [0.717, 1.165) is 4.88 Å². The van der Waals surface area contributed by atoms with Gasteiger partial charge in [0, 0.05) is 17.6 Å². The van der Waals surface area contributed by atoms with Gasteiger partial charge >= 0.3 is 0 Å². The van der Waals surface area contributed by atoms with E-state index in [9.17, 15) is 4.79 Å². The molecule has 2 aromatic rings. The van der Waals surface area contributed by atoms with Gasteiger partial charge in [-0.25, -0.2) is 4.68 Å². The Hall–Kier alpha value is -1.21. The minimum Gasteiger partial charge on any atom is -0.378 e. The second kappa shape index (κ2) is 6.29. The van der Waals surface area contributed by atoms with E-state index in [-0.39, 0.29) is 5.56 Å². The molecule has 0 amide bonds. The summed E-state index contributed by atoms with van der Waals surface area (Å²) in [5.41, 5.74) is 2.38. The maximum atomic E-state index is 12.1. The second-order valence-corrected chi connectivity index (χ2v) is 6.34. The maximum absolute atomic E-state index is 12.1. The Bertz CT molecular complexity index is 594. The highest BCUT2D eigenvalue weighted by Gasteiger charge is 2.09. The van der Waals surface area contributed by atoms with Crippen LogP contribution in [-0.4, -0.2) is 14.8 Å². The molecular weight excluding hydrogens is 328 g/mol. The average Bonchev–Trinajstić information content (AvgIpc) is 2.87. The Morgan fingerprint density at radius 3 is 2.89 bits per heavy atom. The van der Waals surface area contributed by atoms with Gasteiger partial charge in [0.25, 0.3) is 5.56 Å². The average molecular weight is 343 g/mol. The Labute approximate surface area is 123 Å². The third kappa shape index (κ3) is 3.63. The first-order valence-corrected chi connectivity index (χ1v) is 7.62. The van der Waals surface area contributed by atoms with Crippen molar-refractivity contribution in [3.05, 3.63) is 37.6 Å². The van der Waals surface area contributed by atoms with Crippen LogP contribution in [0.2, 0.25) is 0 Å². The van der Waals surface area contributed by atoms with Crippen molar-refractivity contribution < 1.29 is 0 Å². The summed E-state index contributed by atoms with van der Waals surface area (Å²) in [5.74, 6) is 0.383. The summed E-state index contributed by atoms with van der Waals surface area (Å²) >= 11 is 4.91. The van der Waals surface area contributed by atoms with Gasteiger partial charge in [0.15, 0.2) is 0 Å². The fraction of sp³-hybridized carbons (Fsp3) is 0.417. The molecular formula is C12H15BrN4OS. The molecule has 0 spiro atoms. The predicted octanol–water partition coefficient (Wildman–Crippen LogP) is 2.73. The first-order valence-electron chi connectivity index (χ1n) is 5.94. The minimum absolute atomic E-state index is 0.108. The summed E-state index contributed by atoms with van der Waals surface area (Å²) in [6.45, 7) is 5.36. The SMILES string of the molecule is CC(C)Cn1ncc(NCc2cncs2)c(Br)c1=O. The molecule has 2 rings (SSSR count). The van der Waals surface area contributed by atoms with E-state index in [2.05, 4.69) is 45.2 Å². The van der Waals surface area contributed by atoms with Crippen molar-refractivity contribution in [3.8, 4) is 0 Å². The van der Waals surface area contributed by atoms with Crippen LogP contribution >= 0.6 is 27.3 Å². The van der Waals surface area contributed by atoms with Crippen LogP contribution in [0.4, 0.5) is 5.69 Å². The standard InChI is InChI=1S/C12H15BrN4OS/c1-8(2)6-17-12(18)11(13)10(5-16-17)15-4-9-3-14-7-19-9/h3,5,7-8,15H,4,6H2,1-2H3. The number of rotatable bonds is 5. The largest absolute Gasteiger partial charge is 0.378 e. The molecule has 0 aliphatic rings. The van der Waals surface area contributed by atoms with Crippen molar-refractivity contribution in [2.45, 2.75) is 26.9 Å². The fourth-order valence-electron chi connectivity index (χ4n) is 1.58.